The average molecular weight is 236 g/mol. The molecule has 0 aliphatic carbocycles. The lowest BCUT2D eigenvalue weighted by Crippen LogP contribution is -2.37. The van der Waals surface area contributed by atoms with Crippen molar-refractivity contribution in [3.8, 4) is 11.8 Å². The number of amides is 1. The van der Waals surface area contributed by atoms with Crippen molar-refractivity contribution in [2.45, 2.75) is 46.7 Å². The molecule has 0 rings (SSSR count). The zero-order chi connectivity index (χ0) is 13.3. The van der Waals surface area contributed by atoms with Crippen molar-refractivity contribution in [1.29, 1.82) is 0 Å². The molecule has 3 heteroatoms. The highest BCUT2D eigenvalue weighted by molar-refractivity contribution is 5.87. The summed E-state index contributed by atoms with van der Waals surface area (Å²) in [6.45, 7) is 11.6. The monoisotopic (exact) mass is 236 g/mol. The van der Waals surface area contributed by atoms with E-state index in [1.165, 1.54) is 6.08 Å². The topological polar surface area (TPSA) is 32.3 Å². The summed E-state index contributed by atoms with van der Waals surface area (Å²) in [5.74, 6) is 5.95. The summed E-state index contributed by atoms with van der Waals surface area (Å²) in [6.07, 6.45) is 3.21. The summed E-state index contributed by atoms with van der Waals surface area (Å²) in [5.41, 5.74) is 0. The maximum absolute atomic E-state index is 11.1. The van der Waals surface area contributed by atoms with Crippen LogP contribution in [-0.4, -0.2) is 36.0 Å². The predicted octanol–water partition coefficient (Wildman–Crippen LogP) is 1.80. The van der Waals surface area contributed by atoms with Crippen LogP contribution in [0.2, 0.25) is 0 Å². The number of nitrogens with one attached hydrogen (secondary N) is 1. The minimum absolute atomic E-state index is 0.0913. The van der Waals surface area contributed by atoms with E-state index in [1.54, 1.807) is 6.08 Å². The van der Waals surface area contributed by atoms with Gasteiger partial charge < -0.3 is 5.32 Å². The van der Waals surface area contributed by atoms with Crippen LogP contribution in [0.5, 0.6) is 0 Å². The molecule has 3 nitrogen and oxygen atoms in total. The maximum atomic E-state index is 11.1. The molecule has 0 bridgehead atoms. The van der Waals surface area contributed by atoms with Gasteiger partial charge in [-0.25, -0.2) is 0 Å². The van der Waals surface area contributed by atoms with Crippen LogP contribution >= 0.6 is 0 Å². The summed E-state index contributed by atoms with van der Waals surface area (Å²) >= 11 is 0. The van der Waals surface area contributed by atoms with Gasteiger partial charge in [-0.1, -0.05) is 17.9 Å². The van der Waals surface area contributed by atoms with Crippen LogP contribution in [0.3, 0.4) is 0 Å². The van der Waals surface area contributed by atoms with Crippen molar-refractivity contribution in [3.05, 3.63) is 12.2 Å². The number of hydrogen-bond donors (Lipinski definition) is 1. The fourth-order valence-electron chi connectivity index (χ4n) is 1.51. The first kappa shape index (κ1) is 15.7. The third-order valence-electron chi connectivity index (χ3n) is 2.38. The van der Waals surface area contributed by atoms with E-state index in [4.69, 9.17) is 0 Å². The fraction of sp³-hybridized carbons (Fsp3) is 0.643. The van der Waals surface area contributed by atoms with Crippen molar-refractivity contribution in [2.75, 3.05) is 13.1 Å². The van der Waals surface area contributed by atoms with E-state index in [2.05, 4.69) is 49.8 Å². The average Bonchev–Trinajstić information content (AvgIpc) is 2.22. The normalized spacial score (nSPS) is 11.1. The van der Waals surface area contributed by atoms with Crippen LogP contribution in [0.4, 0.5) is 0 Å². The van der Waals surface area contributed by atoms with E-state index >= 15 is 0 Å². The Balaban J connectivity index is 3.98. The first-order valence-corrected chi connectivity index (χ1v) is 6.11. The Kier molecular flexibility index (Phi) is 8.17. The molecule has 0 aromatic carbocycles. The highest BCUT2D eigenvalue weighted by atomic mass is 16.1. The quantitative estimate of drug-likeness (QED) is 0.583. The fourth-order valence-corrected chi connectivity index (χ4v) is 1.51. The molecule has 0 saturated carbocycles. The second-order valence-corrected chi connectivity index (χ2v) is 4.43. The molecule has 1 amide bonds. The lowest BCUT2D eigenvalue weighted by atomic mass is 10.2. The molecule has 0 aliphatic rings. The van der Waals surface area contributed by atoms with Gasteiger partial charge in [0.15, 0.2) is 0 Å². The Morgan fingerprint density at radius 1 is 1.24 bits per heavy atom. The van der Waals surface area contributed by atoms with E-state index in [9.17, 15) is 4.79 Å². The number of rotatable bonds is 5. The molecule has 0 saturated heterocycles. The molecule has 0 unspecified atom stereocenters. The molecule has 0 fully saturated rings. The maximum Gasteiger partial charge on any atom is 0.244 e. The zero-order valence-electron chi connectivity index (χ0n) is 11.6. The summed E-state index contributed by atoms with van der Waals surface area (Å²) in [6, 6.07) is 0.976. The minimum atomic E-state index is -0.0913. The van der Waals surface area contributed by atoms with Crippen LogP contribution < -0.4 is 5.32 Å². The van der Waals surface area contributed by atoms with Gasteiger partial charge in [-0.2, -0.15) is 0 Å². The molecule has 0 aromatic rings. The van der Waals surface area contributed by atoms with Gasteiger partial charge in [-0.3, -0.25) is 9.69 Å². The van der Waals surface area contributed by atoms with Gasteiger partial charge in [0.25, 0.3) is 0 Å². The Morgan fingerprint density at radius 2 is 1.82 bits per heavy atom. The molecule has 96 valence electrons. The Hall–Kier alpha value is -1.27. The number of hydrogen-bond acceptors (Lipinski definition) is 2. The third kappa shape index (κ3) is 7.59. The smallest absolute Gasteiger partial charge is 0.244 e. The molecule has 1 N–H and O–H groups in total. The standard InChI is InChI=1S/C14H24N2O/c1-6-9-14(17)15-10-7-8-11-16(12(2)3)13(4)5/h6,9,12-13H,10-11H2,1-5H3,(H,15,17)/b9-6+. The summed E-state index contributed by atoms with van der Waals surface area (Å²) < 4.78 is 0. The number of allylic oxidation sites excluding steroid dienone is 1. The van der Waals surface area contributed by atoms with E-state index in [0.717, 1.165) is 6.54 Å². The molecular weight excluding hydrogens is 212 g/mol. The summed E-state index contributed by atoms with van der Waals surface area (Å²) in [7, 11) is 0. The van der Waals surface area contributed by atoms with Crippen LogP contribution in [-0.2, 0) is 4.79 Å². The number of carbonyl (C=O) groups is 1. The number of carbonyl (C=O) groups excluding carboxylic acids is 1. The van der Waals surface area contributed by atoms with Gasteiger partial charge in [0.05, 0.1) is 13.1 Å². The lowest BCUT2D eigenvalue weighted by Gasteiger charge is -2.28. The van der Waals surface area contributed by atoms with Gasteiger partial charge >= 0.3 is 0 Å². The largest absolute Gasteiger partial charge is 0.342 e. The van der Waals surface area contributed by atoms with Crippen LogP contribution in [0, 0.1) is 11.8 Å². The first-order chi connectivity index (χ1) is 7.99. The van der Waals surface area contributed by atoms with Crippen molar-refractivity contribution in [3.63, 3.8) is 0 Å². The highest BCUT2D eigenvalue weighted by Gasteiger charge is 2.10. The van der Waals surface area contributed by atoms with E-state index in [1.807, 2.05) is 6.92 Å². The van der Waals surface area contributed by atoms with Gasteiger partial charge in [-0.15, -0.1) is 0 Å². The van der Waals surface area contributed by atoms with Gasteiger partial charge in [-0.05, 0) is 40.7 Å². The van der Waals surface area contributed by atoms with Crippen molar-refractivity contribution >= 4 is 5.91 Å². The molecule has 0 atom stereocenters. The SMILES string of the molecule is C/C=C/C(=O)NCC#CCN(C(C)C)C(C)C. The van der Waals surface area contributed by atoms with Crippen molar-refractivity contribution in [2.24, 2.45) is 0 Å². The molecular formula is C14H24N2O. The Bertz CT molecular complexity index is 300. The molecule has 0 spiro atoms. The molecule has 0 aliphatic heterocycles. The minimum Gasteiger partial charge on any atom is -0.342 e. The molecule has 0 heterocycles. The molecule has 0 radical (unpaired) electrons. The van der Waals surface area contributed by atoms with Crippen LogP contribution in [0.1, 0.15) is 34.6 Å². The van der Waals surface area contributed by atoms with Gasteiger partial charge in [0, 0.05) is 12.1 Å². The Morgan fingerprint density at radius 3 is 2.29 bits per heavy atom. The zero-order valence-corrected chi connectivity index (χ0v) is 11.6. The second-order valence-electron chi connectivity index (χ2n) is 4.43. The second kappa shape index (κ2) is 8.83. The van der Waals surface area contributed by atoms with Crippen molar-refractivity contribution < 1.29 is 4.79 Å². The van der Waals surface area contributed by atoms with Crippen LogP contribution in [0.25, 0.3) is 0 Å². The summed E-state index contributed by atoms with van der Waals surface area (Å²) in [4.78, 5) is 13.4. The third-order valence-corrected chi connectivity index (χ3v) is 2.38. The van der Waals surface area contributed by atoms with E-state index < -0.39 is 0 Å². The first-order valence-electron chi connectivity index (χ1n) is 6.11. The summed E-state index contributed by atoms with van der Waals surface area (Å²) in [5, 5.41) is 2.70. The highest BCUT2D eigenvalue weighted by Crippen LogP contribution is 2.02. The van der Waals surface area contributed by atoms with Crippen molar-refractivity contribution in [1.82, 2.24) is 10.2 Å². The number of nitrogens with zero attached hydrogens (tertiary/aromatic N) is 1. The molecule has 17 heavy (non-hydrogen) atoms. The Labute approximate surface area is 105 Å². The lowest BCUT2D eigenvalue weighted by molar-refractivity contribution is -0.116. The van der Waals surface area contributed by atoms with Gasteiger partial charge in [0.2, 0.25) is 5.91 Å². The predicted molar refractivity (Wildman–Crippen MR) is 72.6 cm³/mol. The van der Waals surface area contributed by atoms with E-state index in [-0.39, 0.29) is 5.91 Å². The van der Waals surface area contributed by atoms with Gasteiger partial charge in [0.1, 0.15) is 0 Å². The van der Waals surface area contributed by atoms with E-state index in [0.29, 0.717) is 18.6 Å². The van der Waals surface area contributed by atoms with Crippen LogP contribution in [0.15, 0.2) is 12.2 Å². The molecule has 0 aromatic heterocycles.